The molecule has 3 aromatic rings. The first-order chi connectivity index (χ1) is 8.78. The molecule has 0 aliphatic carbocycles. The van der Waals surface area contributed by atoms with Gasteiger partial charge in [0.2, 0.25) is 0 Å². The number of para-hydroxylation sites is 1. The predicted octanol–water partition coefficient (Wildman–Crippen LogP) is 4.42. The number of hydrogen-bond donors (Lipinski definition) is 0. The maximum absolute atomic E-state index is 5.91. The van der Waals surface area contributed by atoms with Crippen molar-refractivity contribution in [2.75, 3.05) is 7.11 Å². The van der Waals surface area contributed by atoms with Crippen molar-refractivity contribution in [2.24, 2.45) is 0 Å². The zero-order chi connectivity index (χ0) is 12.5. The summed E-state index contributed by atoms with van der Waals surface area (Å²) in [6.45, 7) is 2.08. The summed E-state index contributed by atoms with van der Waals surface area (Å²) in [5.41, 5.74) is 3.12. The van der Waals surface area contributed by atoms with Gasteiger partial charge in [-0.25, -0.2) is 0 Å². The van der Waals surface area contributed by atoms with Gasteiger partial charge in [-0.05, 0) is 25.1 Å². The number of hydrogen-bond acceptors (Lipinski definition) is 2. The summed E-state index contributed by atoms with van der Waals surface area (Å²) >= 11 is 0. The summed E-state index contributed by atoms with van der Waals surface area (Å²) in [5.74, 6) is 1.64. The van der Waals surface area contributed by atoms with Crippen LogP contribution in [0, 0.1) is 6.92 Å². The van der Waals surface area contributed by atoms with E-state index in [1.54, 1.807) is 7.11 Å². The number of fused-ring (bicyclic) bond motifs is 1. The molecule has 0 atom stereocenters. The molecule has 0 saturated carbocycles. The van der Waals surface area contributed by atoms with Gasteiger partial charge in [-0.2, -0.15) is 0 Å². The minimum atomic E-state index is 0.770. The smallest absolute Gasteiger partial charge is 0.176 e. The molecule has 0 aliphatic rings. The zero-order valence-corrected chi connectivity index (χ0v) is 10.4. The molecule has 0 unspecified atom stereocenters. The van der Waals surface area contributed by atoms with E-state index in [1.165, 1.54) is 5.56 Å². The van der Waals surface area contributed by atoms with E-state index in [9.17, 15) is 0 Å². The highest BCUT2D eigenvalue weighted by molar-refractivity contribution is 5.87. The fourth-order valence-corrected chi connectivity index (χ4v) is 2.14. The molecule has 0 fully saturated rings. The predicted molar refractivity (Wildman–Crippen MR) is 72.9 cm³/mol. The summed E-state index contributed by atoms with van der Waals surface area (Å²) in [6, 6.07) is 16.2. The van der Waals surface area contributed by atoms with E-state index >= 15 is 0 Å². The number of methoxy groups -OCH3 is 1. The molecule has 0 saturated heterocycles. The Bertz CT molecular complexity index is 695. The second kappa shape index (κ2) is 4.22. The third kappa shape index (κ3) is 1.76. The van der Waals surface area contributed by atoms with Gasteiger partial charge in [-0.1, -0.05) is 35.9 Å². The molecule has 2 aromatic carbocycles. The van der Waals surface area contributed by atoms with Gasteiger partial charge < -0.3 is 9.15 Å². The average molecular weight is 238 g/mol. The quantitative estimate of drug-likeness (QED) is 0.659. The van der Waals surface area contributed by atoms with Gasteiger partial charge in [0.1, 0.15) is 5.76 Å². The van der Waals surface area contributed by atoms with E-state index in [4.69, 9.17) is 9.15 Å². The first kappa shape index (κ1) is 10.9. The van der Waals surface area contributed by atoms with Crippen molar-refractivity contribution in [3.8, 4) is 17.1 Å². The average Bonchev–Trinajstić information content (AvgIpc) is 2.82. The van der Waals surface area contributed by atoms with Gasteiger partial charge in [-0.3, -0.25) is 0 Å². The molecule has 0 amide bonds. The van der Waals surface area contributed by atoms with E-state index in [1.807, 2.05) is 30.3 Å². The van der Waals surface area contributed by atoms with E-state index < -0.39 is 0 Å². The number of rotatable bonds is 2. The molecule has 2 heteroatoms. The first-order valence-corrected chi connectivity index (χ1v) is 5.91. The molecule has 0 radical (unpaired) electrons. The molecular formula is C16H14O2. The third-order valence-corrected chi connectivity index (χ3v) is 3.03. The molecule has 90 valence electrons. The van der Waals surface area contributed by atoms with E-state index in [2.05, 4.69) is 25.1 Å². The van der Waals surface area contributed by atoms with Crippen LogP contribution in [-0.4, -0.2) is 7.11 Å². The molecule has 2 nitrogen and oxygen atoms in total. The van der Waals surface area contributed by atoms with Crippen LogP contribution in [0.2, 0.25) is 0 Å². The largest absolute Gasteiger partial charge is 0.493 e. The van der Waals surface area contributed by atoms with Crippen LogP contribution in [0.15, 0.2) is 52.9 Å². The minimum Gasteiger partial charge on any atom is -0.493 e. The highest BCUT2D eigenvalue weighted by Crippen LogP contribution is 2.33. The van der Waals surface area contributed by atoms with Crippen LogP contribution in [0.3, 0.4) is 0 Å². The summed E-state index contributed by atoms with van der Waals surface area (Å²) in [4.78, 5) is 0. The second-order valence-electron chi connectivity index (χ2n) is 4.36. The SMILES string of the molecule is COc1cccc2cc(-c3cccc(C)c3)oc12. The Kier molecular flexibility index (Phi) is 2.56. The second-order valence-corrected chi connectivity index (χ2v) is 4.36. The van der Waals surface area contributed by atoms with E-state index in [0.717, 1.165) is 28.0 Å². The summed E-state index contributed by atoms with van der Waals surface area (Å²) < 4.78 is 11.2. The molecule has 0 aliphatic heterocycles. The highest BCUT2D eigenvalue weighted by atomic mass is 16.5. The molecule has 18 heavy (non-hydrogen) atoms. The summed E-state index contributed by atoms with van der Waals surface area (Å²) in [5, 5.41) is 1.06. The molecule has 0 bridgehead atoms. The van der Waals surface area contributed by atoms with Crippen LogP contribution in [0.4, 0.5) is 0 Å². The van der Waals surface area contributed by atoms with Crippen LogP contribution in [0.5, 0.6) is 5.75 Å². The zero-order valence-electron chi connectivity index (χ0n) is 10.4. The lowest BCUT2D eigenvalue weighted by molar-refractivity contribution is 0.411. The van der Waals surface area contributed by atoms with Crippen LogP contribution in [-0.2, 0) is 0 Å². The Morgan fingerprint density at radius 2 is 1.83 bits per heavy atom. The van der Waals surface area contributed by atoms with Gasteiger partial charge in [-0.15, -0.1) is 0 Å². The van der Waals surface area contributed by atoms with Crippen LogP contribution < -0.4 is 4.74 Å². The monoisotopic (exact) mass is 238 g/mol. The topological polar surface area (TPSA) is 22.4 Å². The van der Waals surface area contributed by atoms with E-state index in [-0.39, 0.29) is 0 Å². The lowest BCUT2D eigenvalue weighted by Crippen LogP contribution is -1.81. The van der Waals surface area contributed by atoms with Crippen LogP contribution >= 0.6 is 0 Å². The van der Waals surface area contributed by atoms with E-state index in [0.29, 0.717) is 0 Å². The van der Waals surface area contributed by atoms with Crippen molar-refractivity contribution < 1.29 is 9.15 Å². The molecule has 0 N–H and O–H groups in total. The maximum Gasteiger partial charge on any atom is 0.176 e. The van der Waals surface area contributed by atoms with Gasteiger partial charge >= 0.3 is 0 Å². The Hall–Kier alpha value is -2.22. The van der Waals surface area contributed by atoms with Crippen molar-refractivity contribution in [3.63, 3.8) is 0 Å². The van der Waals surface area contributed by atoms with Gasteiger partial charge in [0.25, 0.3) is 0 Å². The number of benzene rings is 2. The molecule has 1 aromatic heterocycles. The number of aryl methyl sites for hydroxylation is 1. The molecule has 1 heterocycles. The molecular weight excluding hydrogens is 224 g/mol. The Morgan fingerprint density at radius 1 is 1.00 bits per heavy atom. The summed E-state index contributed by atoms with van der Waals surface area (Å²) in [6.07, 6.45) is 0. The van der Waals surface area contributed by atoms with Crippen molar-refractivity contribution in [2.45, 2.75) is 6.92 Å². The lowest BCUT2D eigenvalue weighted by Gasteiger charge is -1.99. The van der Waals surface area contributed by atoms with Crippen molar-refractivity contribution >= 4 is 11.0 Å². The van der Waals surface area contributed by atoms with Gasteiger partial charge in [0, 0.05) is 10.9 Å². The van der Waals surface area contributed by atoms with Crippen molar-refractivity contribution in [1.82, 2.24) is 0 Å². The number of furan rings is 1. The van der Waals surface area contributed by atoms with Crippen molar-refractivity contribution in [1.29, 1.82) is 0 Å². The lowest BCUT2D eigenvalue weighted by atomic mass is 10.1. The summed E-state index contributed by atoms with van der Waals surface area (Å²) in [7, 11) is 1.66. The van der Waals surface area contributed by atoms with Gasteiger partial charge in [0.05, 0.1) is 7.11 Å². The van der Waals surface area contributed by atoms with Crippen LogP contribution in [0.25, 0.3) is 22.3 Å². The normalized spacial score (nSPS) is 10.8. The standard InChI is InChI=1S/C16H14O2/c1-11-5-3-6-12(9-11)15-10-13-7-4-8-14(17-2)16(13)18-15/h3-10H,1-2H3. The minimum absolute atomic E-state index is 0.770. The molecule has 3 rings (SSSR count). The van der Waals surface area contributed by atoms with Crippen LogP contribution in [0.1, 0.15) is 5.56 Å². The third-order valence-electron chi connectivity index (χ3n) is 3.03. The molecule has 0 spiro atoms. The number of ether oxygens (including phenoxy) is 1. The first-order valence-electron chi connectivity index (χ1n) is 5.91. The maximum atomic E-state index is 5.91. The van der Waals surface area contributed by atoms with Gasteiger partial charge in [0.15, 0.2) is 11.3 Å². The highest BCUT2D eigenvalue weighted by Gasteiger charge is 2.09. The Labute approximate surface area is 106 Å². The Balaban J connectivity index is 2.19. The Morgan fingerprint density at radius 3 is 2.61 bits per heavy atom. The van der Waals surface area contributed by atoms with Crippen molar-refractivity contribution in [3.05, 3.63) is 54.1 Å². The fourth-order valence-electron chi connectivity index (χ4n) is 2.14. The fraction of sp³-hybridized carbons (Fsp3) is 0.125.